The molecule has 0 aromatic carbocycles. The van der Waals surface area contributed by atoms with Gasteiger partial charge in [-0.05, 0) is 101 Å². The van der Waals surface area contributed by atoms with Gasteiger partial charge in [-0.2, -0.15) is 0 Å². The molecule has 0 saturated carbocycles. The fourth-order valence-corrected chi connectivity index (χ4v) is 8.91. The molecule has 1 heteroatoms. The van der Waals surface area contributed by atoms with E-state index in [1.807, 2.05) is 19.9 Å². The molecular weight excluding hydrogens is 783 g/mol. The van der Waals surface area contributed by atoms with Gasteiger partial charge in [-0.1, -0.05) is 292 Å². The first-order valence-electron chi connectivity index (χ1n) is 29.5. The highest BCUT2D eigenvalue weighted by Crippen LogP contribution is 2.27. The molecule has 1 nitrogen and oxygen atoms in total. The Morgan fingerprint density at radius 1 is 0.446 bits per heavy atom. The summed E-state index contributed by atoms with van der Waals surface area (Å²) in [6.07, 6.45) is 56.5. The minimum atomic E-state index is 0.695. The minimum absolute atomic E-state index is 0.695. The van der Waals surface area contributed by atoms with Crippen molar-refractivity contribution in [1.29, 1.82) is 0 Å². The summed E-state index contributed by atoms with van der Waals surface area (Å²) in [5.41, 5.74) is 2.69. The van der Waals surface area contributed by atoms with Crippen molar-refractivity contribution in [2.45, 2.75) is 313 Å². The quantitative estimate of drug-likeness (QED) is 0.0365. The second-order valence-electron chi connectivity index (χ2n) is 19.7. The Balaban J connectivity index is -0.000000269. The molecule has 1 N–H and O–H groups in total. The van der Waals surface area contributed by atoms with Crippen LogP contribution < -0.4 is 5.32 Å². The van der Waals surface area contributed by atoms with E-state index in [2.05, 4.69) is 106 Å². The van der Waals surface area contributed by atoms with Gasteiger partial charge in [-0.3, -0.25) is 0 Å². The molecule has 4 unspecified atom stereocenters. The normalized spacial score (nSPS) is 12.3. The fourth-order valence-electron chi connectivity index (χ4n) is 8.91. The summed E-state index contributed by atoms with van der Waals surface area (Å²) < 4.78 is 0. The highest BCUT2D eigenvalue weighted by Gasteiger charge is 2.14. The predicted octanol–water partition coefficient (Wildman–Crippen LogP) is 23.3. The molecule has 0 bridgehead atoms. The molecular formula is C64H129N. The summed E-state index contributed by atoms with van der Waals surface area (Å²) in [7, 11) is 0. The van der Waals surface area contributed by atoms with Crippen LogP contribution in [0.25, 0.3) is 0 Å². The summed E-state index contributed by atoms with van der Waals surface area (Å²) in [6.45, 7) is 47.0. The lowest BCUT2D eigenvalue weighted by molar-refractivity contribution is 0.326. The Bertz CT molecular complexity index is 884. The summed E-state index contributed by atoms with van der Waals surface area (Å²) in [6, 6.07) is 0. The number of hydrogen-bond donors (Lipinski definition) is 1. The van der Waals surface area contributed by atoms with E-state index in [1.165, 1.54) is 268 Å². The fraction of sp³-hybridized carbons (Fsp3) is 0.844. The van der Waals surface area contributed by atoms with E-state index in [9.17, 15) is 0 Å². The van der Waals surface area contributed by atoms with E-state index in [0.29, 0.717) is 5.92 Å². The zero-order valence-corrected chi connectivity index (χ0v) is 47.5. The van der Waals surface area contributed by atoms with Crippen LogP contribution in [0.4, 0.5) is 0 Å². The lowest BCUT2D eigenvalue weighted by atomic mass is 9.88. The Kier molecular flexibility index (Phi) is 74.8. The van der Waals surface area contributed by atoms with Crippen LogP contribution >= 0.6 is 0 Å². The number of unbranched alkanes of at least 4 members (excludes halogenated alkanes) is 24. The van der Waals surface area contributed by atoms with Gasteiger partial charge < -0.3 is 5.32 Å². The van der Waals surface area contributed by atoms with Gasteiger partial charge in [0.05, 0.1) is 0 Å². The average Bonchev–Trinajstić information content (AvgIpc) is 3.32. The van der Waals surface area contributed by atoms with Crippen LogP contribution in [0.2, 0.25) is 0 Å². The Morgan fingerprint density at radius 2 is 0.785 bits per heavy atom. The van der Waals surface area contributed by atoms with Crippen molar-refractivity contribution in [3.8, 4) is 0 Å². The van der Waals surface area contributed by atoms with Crippen LogP contribution in [-0.4, -0.2) is 13.1 Å². The van der Waals surface area contributed by atoms with Crippen LogP contribution in [0, 0.1) is 23.7 Å². The van der Waals surface area contributed by atoms with Crippen LogP contribution in [0.1, 0.15) is 313 Å². The van der Waals surface area contributed by atoms with Crippen molar-refractivity contribution in [2.75, 3.05) is 13.1 Å². The van der Waals surface area contributed by atoms with Gasteiger partial charge in [0.1, 0.15) is 0 Å². The molecule has 0 aromatic rings. The zero-order valence-electron chi connectivity index (χ0n) is 47.5. The van der Waals surface area contributed by atoms with Gasteiger partial charge in [0.2, 0.25) is 0 Å². The van der Waals surface area contributed by atoms with Gasteiger partial charge >= 0.3 is 0 Å². The minimum Gasteiger partial charge on any atom is -0.316 e. The third kappa shape index (κ3) is 62.7. The first-order chi connectivity index (χ1) is 31.7. The van der Waals surface area contributed by atoms with Crippen molar-refractivity contribution >= 4 is 0 Å². The molecule has 0 spiro atoms. The Labute approximate surface area is 416 Å². The second-order valence-corrected chi connectivity index (χ2v) is 19.7. The maximum Gasteiger partial charge on any atom is -0.00204 e. The molecule has 0 aliphatic rings. The number of nitrogens with one attached hydrogen (secondary N) is 1. The molecule has 0 fully saturated rings. The van der Waals surface area contributed by atoms with E-state index in [0.717, 1.165) is 17.8 Å². The number of allylic oxidation sites excluding steroid dienone is 4. The van der Waals surface area contributed by atoms with Crippen molar-refractivity contribution in [3.05, 3.63) is 62.8 Å². The molecule has 0 amide bonds. The van der Waals surface area contributed by atoms with Gasteiger partial charge in [0, 0.05) is 0 Å². The van der Waals surface area contributed by atoms with E-state index in [1.54, 1.807) is 0 Å². The largest absolute Gasteiger partial charge is 0.316 e. The van der Waals surface area contributed by atoms with Gasteiger partial charge in [-0.25, -0.2) is 0 Å². The third-order valence-corrected chi connectivity index (χ3v) is 13.3. The summed E-state index contributed by atoms with van der Waals surface area (Å²) in [5.74, 6) is 3.27. The van der Waals surface area contributed by atoms with Crippen molar-refractivity contribution in [2.24, 2.45) is 23.7 Å². The van der Waals surface area contributed by atoms with Gasteiger partial charge in [-0.15, -0.1) is 19.7 Å². The van der Waals surface area contributed by atoms with Crippen molar-refractivity contribution in [3.63, 3.8) is 0 Å². The molecule has 0 rings (SSSR count). The standard InChI is InChI=1S/C23H47N.C19H36.C18H36.C2H6.C2H4/c1-5-8-11-13-14-17-22(4)20-23(18-15-12-9-6-2)21-24-19-16-10-7-3;1-5-8-10-12-13-15-17-19(18(4)7-3)16-14-11-9-6-2;1-5-7-9-11-12-14-16-18(17(3)4)15-13-10-8-6-2;2*1-2/h6,22-24H,2,5,7-21H2,1,3-4H3;7,19H,3-6,8-17H2,1-2H3;18H,3,5-16H2,1-2,4H3;1-2H3;1-2H2. The highest BCUT2D eigenvalue weighted by atomic mass is 14.9. The van der Waals surface area contributed by atoms with E-state index in [-0.39, 0.29) is 0 Å². The topological polar surface area (TPSA) is 12.0 Å². The number of hydrogen-bond acceptors (Lipinski definition) is 1. The lowest BCUT2D eigenvalue weighted by Gasteiger charge is -2.22. The summed E-state index contributed by atoms with van der Waals surface area (Å²) in [5, 5.41) is 3.73. The molecule has 4 atom stereocenters. The average molecular weight is 913 g/mol. The van der Waals surface area contributed by atoms with Crippen LogP contribution in [0.5, 0.6) is 0 Å². The Morgan fingerprint density at radius 3 is 1.17 bits per heavy atom. The molecule has 390 valence electrons. The second kappa shape index (κ2) is 66.9. The molecule has 0 aliphatic carbocycles. The molecule has 0 radical (unpaired) electrons. The van der Waals surface area contributed by atoms with Crippen LogP contribution in [-0.2, 0) is 0 Å². The SMILES string of the molecule is C=C.C=C(C)C(CCCCCC)CCCCCCCC.C=CC(=C)C(CCCCCC)CCCCCCCC.C=CCCCCC(CNCCCCC)CC(C)CCCCCCC.CC. The Hall–Kier alpha value is -1.34. The third-order valence-electron chi connectivity index (χ3n) is 13.3. The molecule has 0 saturated heterocycles. The molecule has 65 heavy (non-hydrogen) atoms. The number of rotatable bonds is 46. The van der Waals surface area contributed by atoms with Gasteiger partial charge in [0.15, 0.2) is 0 Å². The maximum absolute atomic E-state index is 4.18. The van der Waals surface area contributed by atoms with Gasteiger partial charge in [0.25, 0.3) is 0 Å². The van der Waals surface area contributed by atoms with Crippen LogP contribution in [0.15, 0.2) is 62.8 Å². The van der Waals surface area contributed by atoms with Crippen molar-refractivity contribution < 1.29 is 0 Å². The summed E-state index contributed by atoms with van der Waals surface area (Å²) in [4.78, 5) is 0. The molecule has 0 aromatic heterocycles. The van der Waals surface area contributed by atoms with E-state index >= 15 is 0 Å². The van der Waals surface area contributed by atoms with Crippen LogP contribution in [0.3, 0.4) is 0 Å². The molecule has 0 heterocycles. The first-order valence-corrected chi connectivity index (χ1v) is 29.5. The maximum atomic E-state index is 4.18. The molecule has 0 aliphatic heterocycles. The first kappa shape index (κ1) is 72.6. The predicted molar refractivity (Wildman–Crippen MR) is 309 cm³/mol. The van der Waals surface area contributed by atoms with E-state index < -0.39 is 0 Å². The summed E-state index contributed by atoms with van der Waals surface area (Å²) >= 11 is 0. The zero-order chi connectivity index (χ0) is 49.9. The van der Waals surface area contributed by atoms with Crippen molar-refractivity contribution in [1.82, 2.24) is 5.32 Å². The highest BCUT2D eigenvalue weighted by molar-refractivity contribution is 5.14. The monoisotopic (exact) mass is 912 g/mol. The van der Waals surface area contributed by atoms with E-state index in [4.69, 9.17) is 0 Å². The smallest absolute Gasteiger partial charge is 0.00204 e. The lowest BCUT2D eigenvalue weighted by Crippen LogP contribution is -2.25.